The number of benzene rings is 1. The Morgan fingerprint density at radius 1 is 1.18 bits per heavy atom. The molecule has 0 amide bonds. The van der Waals surface area contributed by atoms with Gasteiger partial charge in [-0.1, -0.05) is 35.9 Å². The zero-order valence-corrected chi connectivity index (χ0v) is 10.1. The van der Waals surface area contributed by atoms with Crippen LogP contribution in [-0.2, 0) is 0 Å². The molecule has 2 aromatic rings. The van der Waals surface area contributed by atoms with Gasteiger partial charge in [-0.3, -0.25) is 4.99 Å². The monoisotopic (exact) mass is 242 g/mol. The van der Waals surface area contributed by atoms with Gasteiger partial charge in [0.25, 0.3) is 0 Å². The third-order valence-corrected chi connectivity index (χ3v) is 3.24. The van der Waals surface area contributed by atoms with Gasteiger partial charge >= 0.3 is 0 Å². The number of hydrogen-bond donors (Lipinski definition) is 0. The topological polar surface area (TPSA) is 25.2 Å². The van der Waals surface area contributed by atoms with Crippen LogP contribution in [0, 0.1) is 0 Å². The normalized spacial score (nSPS) is 17.8. The highest BCUT2D eigenvalue weighted by molar-refractivity contribution is 6.29. The lowest BCUT2D eigenvalue weighted by Crippen LogP contribution is -1.96. The average molecular weight is 243 g/mol. The van der Waals surface area contributed by atoms with Crippen molar-refractivity contribution in [3.8, 4) is 0 Å². The molecule has 0 saturated heterocycles. The van der Waals surface area contributed by atoms with Gasteiger partial charge in [0.05, 0.1) is 0 Å². The van der Waals surface area contributed by atoms with Crippen LogP contribution in [0.2, 0.25) is 5.15 Å². The molecule has 3 rings (SSSR count). The lowest BCUT2D eigenvalue weighted by atomic mass is 9.97. The smallest absolute Gasteiger partial charge is 0.129 e. The van der Waals surface area contributed by atoms with E-state index in [4.69, 9.17) is 16.6 Å². The first-order valence-electron chi connectivity index (χ1n) is 5.51. The molecule has 1 aliphatic rings. The molecular weight excluding hydrogens is 232 g/mol. The van der Waals surface area contributed by atoms with Crippen LogP contribution >= 0.6 is 11.6 Å². The summed E-state index contributed by atoms with van der Waals surface area (Å²) >= 11 is 5.93. The van der Waals surface area contributed by atoms with Crippen LogP contribution < -0.4 is 0 Å². The minimum absolute atomic E-state index is 0.0618. The molecule has 1 aliphatic heterocycles. The Labute approximate surface area is 105 Å². The molecule has 84 valence electrons. The highest BCUT2D eigenvalue weighted by Gasteiger charge is 2.23. The Morgan fingerprint density at radius 2 is 2.00 bits per heavy atom. The first-order chi connectivity index (χ1) is 8.25. The van der Waals surface area contributed by atoms with Crippen molar-refractivity contribution >= 4 is 17.3 Å². The van der Waals surface area contributed by atoms with Crippen molar-refractivity contribution in [3.05, 3.63) is 64.4 Å². The molecule has 0 N–H and O–H groups in total. The Morgan fingerprint density at radius 3 is 2.82 bits per heavy atom. The lowest BCUT2D eigenvalue weighted by Gasteiger charge is -2.09. The molecule has 1 unspecified atom stereocenters. The molecule has 0 aliphatic carbocycles. The molecule has 2 nitrogen and oxygen atoms in total. The molecule has 1 aromatic heterocycles. The van der Waals surface area contributed by atoms with Crippen LogP contribution in [-0.4, -0.2) is 10.7 Å². The van der Waals surface area contributed by atoms with Gasteiger partial charge in [0.1, 0.15) is 11.2 Å². The van der Waals surface area contributed by atoms with Gasteiger partial charge in [0, 0.05) is 17.5 Å². The number of pyridine rings is 1. The number of nitrogens with zero attached hydrogens (tertiary/aromatic N) is 2. The third-order valence-electron chi connectivity index (χ3n) is 3.03. The fraction of sp³-hybridized carbons (Fsp3) is 0.143. The van der Waals surface area contributed by atoms with Crippen LogP contribution in [0.15, 0.2) is 47.6 Å². The summed E-state index contributed by atoms with van der Waals surface area (Å²) in [5.74, 6) is 0. The summed E-state index contributed by atoms with van der Waals surface area (Å²) in [4.78, 5) is 8.70. The summed E-state index contributed by atoms with van der Waals surface area (Å²) in [5, 5.41) is 0.514. The molecule has 0 fully saturated rings. The lowest BCUT2D eigenvalue weighted by molar-refractivity contribution is 0.892. The number of halogens is 1. The van der Waals surface area contributed by atoms with Crippen LogP contribution in [0.4, 0.5) is 0 Å². The Kier molecular flexibility index (Phi) is 2.45. The number of rotatable bonds is 1. The summed E-state index contributed by atoms with van der Waals surface area (Å²) in [7, 11) is 0. The summed E-state index contributed by atoms with van der Waals surface area (Å²) in [6, 6.07) is 12.2. The number of hydrogen-bond acceptors (Lipinski definition) is 2. The molecule has 2 heterocycles. The zero-order chi connectivity index (χ0) is 11.8. The zero-order valence-electron chi connectivity index (χ0n) is 9.39. The van der Waals surface area contributed by atoms with E-state index in [1.807, 2.05) is 31.2 Å². The van der Waals surface area contributed by atoms with Crippen molar-refractivity contribution < 1.29 is 0 Å². The van der Waals surface area contributed by atoms with E-state index < -0.39 is 0 Å². The van der Waals surface area contributed by atoms with Gasteiger partial charge in [-0.15, -0.1) is 0 Å². The Bertz CT molecular complexity index is 605. The second-order valence-corrected chi connectivity index (χ2v) is 4.50. The summed E-state index contributed by atoms with van der Waals surface area (Å²) in [6.45, 7) is 2.04. The van der Waals surface area contributed by atoms with Gasteiger partial charge < -0.3 is 0 Å². The number of aromatic nitrogens is 1. The molecule has 0 saturated carbocycles. The quantitative estimate of drug-likeness (QED) is 0.701. The molecule has 1 aromatic carbocycles. The van der Waals surface area contributed by atoms with Crippen LogP contribution in [0.3, 0.4) is 0 Å². The highest BCUT2D eigenvalue weighted by atomic mass is 35.5. The Hall–Kier alpha value is -1.67. The summed E-state index contributed by atoms with van der Waals surface area (Å²) in [6.07, 6.45) is 1.73. The first-order valence-corrected chi connectivity index (χ1v) is 5.88. The maximum absolute atomic E-state index is 5.93. The van der Waals surface area contributed by atoms with Gasteiger partial charge in [-0.2, -0.15) is 0 Å². The molecule has 1 atom stereocenters. The van der Waals surface area contributed by atoms with E-state index in [-0.39, 0.29) is 6.04 Å². The minimum Gasteiger partial charge on any atom is -0.277 e. The van der Waals surface area contributed by atoms with E-state index in [0.717, 1.165) is 11.3 Å². The fourth-order valence-electron chi connectivity index (χ4n) is 2.24. The first kappa shape index (κ1) is 10.5. The van der Waals surface area contributed by atoms with E-state index in [1.165, 1.54) is 11.1 Å². The maximum Gasteiger partial charge on any atom is 0.129 e. The second kappa shape index (κ2) is 3.97. The average Bonchev–Trinajstić information content (AvgIpc) is 2.68. The largest absolute Gasteiger partial charge is 0.277 e. The second-order valence-electron chi connectivity index (χ2n) is 4.12. The molecule has 0 bridgehead atoms. The molecular formula is C14H11ClN2. The van der Waals surface area contributed by atoms with E-state index in [0.29, 0.717) is 5.15 Å². The van der Waals surface area contributed by atoms with Crippen LogP contribution in [0.25, 0.3) is 0 Å². The van der Waals surface area contributed by atoms with E-state index in [9.17, 15) is 0 Å². The Balaban J connectivity index is 2.13. The van der Waals surface area contributed by atoms with Gasteiger partial charge in [0.2, 0.25) is 0 Å². The van der Waals surface area contributed by atoms with Crippen molar-refractivity contribution in [2.24, 2.45) is 4.99 Å². The van der Waals surface area contributed by atoms with Crippen molar-refractivity contribution in [1.82, 2.24) is 4.98 Å². The minimum atomic E-state index is 0.0618. The van der Waals surface area contributed by atoms with Crippen molar-refractivity contribution in [2.75, 3.05) is 0 Å². The van der Waals surface area contributed by atoms with Crippen LogP contribution in [0.1, 0.15) is 29.7 Å². The van der Waals surface area contributed by atoms with Crippen molar-refractivity contribution in [2.45, 2.75) is 13.0 Å². The predicted octanol–water partition coefficient (Wildman–Crippen LogP) is 3.65. The van der Waals surface area contributed by atoms with Crippen LogP contribution in [0.5, 0.6) is 0 Å². The SMILES string of the molecule is CC1=NC(c2ccnc(Cl)c2)c2ccccc21. The van der Waals surface area contributed by atoms with E-state index in [2.05, 4.69) is 17.1 Å². The van der Waals surface area contributed by atoms with Crippen molar-refractivity contribution in [1.29, 1.82) is 0 Å². The molecule has 3 heteroatoms. The summed E-state index contributed by atoms with van der Waals surface area (Å²) in [5.41, 5.74) is 4.64. The molecule has 17 heavy (non-hydrogen) atoms. The van der Waals surface area contributed by atoms with Gasteiger partial charge in [0.15, 0.2) is 0 Å². The number of fused-ring (bicyclic) bond motifs is 1. The van der Waals surface area contributed by atoms with E-state index >= 15 is 0 Å². The van der Waals surface area contributed by atoms with Gasteiger partial charge in [-0.05, 0) is 30.2 Å². The predicted molar refractivity (Wildman–Crippen MR) is 69.7 cm³/mol. The standard InChI is InChI=1S/C14H11ClN2/c1-9-11-4-2-3-5-12(11)14(17-9)10-6-7-16-13(15)8-10/h2-8,14H,1H3. The third kappa shape index (κ3) is 1.75. The van der Waals surface area contributed by atoms with Gasteiger partial charge in [-0.25, -0.2) is 4.98 Å². The highest BCUT2D eigenvalue weighted by Crippen LogP contribution is 2.35. The van der Waals surface area contributed by atoms with E-state index in [1.54, 1.807) is 6.20 Å². The fourth-order valence-corrected chi connectivity index (χ4v) is 2.42. The number of aliphatic imine (C=N–C) groups is 1. The molecule has 0 spiro atoms. The molecule has 0 radical (unpaired) electrons. The van der Waals surface area contributed by atoms with Crippen molar-refractivity contribution in [3.63, 3.8) is 0 Å². The maximum atomic E-state index is 5.93. The summed E-state index contributed by atoms with van der Waals surface area (Å²) < 4.78 is 0.